The van der Waals surface area contributed by atoms with Gasteiger partial charge in [0.05, 0.1) is 0 Å². The predicted molar refractivity (Wildman–Crippen MR) is 82.7 cm³/mol. The van der Waals surface area contributed by atoms with Crippen LogP contribution in [0.1, 0.15) is 42.9 Å². The van der Waals surface area contributed by atoms with Crippen molar-refractivity contribution in [1.82, 2.24) is 0 Å². The highest BCUT2D eigenvalue weighted by atomic mass is 16.3. The Morgan fingerprint density at radius 1 is 0.947 bits per heavy atom. The Labute approximate surface area is 116 Å². The van der Waals surface area contributed by atoms with Gasteiger partial charge < -0.3 is 5.11 Å². The summed E-state index contributed by atoms with van der Waals surface area (Å²) in [6.45, 7) is 8.45. The molecule has 1 heteroatoms. The summed E-state index contributed by atoms with van der Waals surface area (Å²) in [5.74, 6) is 0.873. The van der Waals surface area contributed by atoms with Crippen LogP contribution in [0.25, 0.3) is 0 Å². The molecule has 2 aromatic rings. The molecule has 0 saturated carbocycles. The van der Waals surface area contributed by atoms with Crippen LogP contribution in [-0.2, 0) is 0 Å². The minimum Gasteiger partial charge on any atom is -0.508 e. The molecule has 0 aliphatic carbocycles. The zero-order valence-corrected chi connectivity index (χ0v) is 12.4. The van der Waals surface area contributed by atoms with E-state index in [4.69, 9.17) is 0 Å². The van der Waals surface area contributed by atoms with Gasteiger partial charge in [0, 0.05) is 0 Å². The van der Waals surface area contributed by atoms with E-state index < -0.39 is 0 Å². The molecular formula is C18H24O. The highest BCUT2D eigenvalue weighted by molar-refractivity contribution is 5.34. The van der Waals surface area contributed by atoms with Gasteiger partial charge in [-0.3, -0.25) is 0 Å². The van der Waals surface area contributed by atoms with E-state index in [0.717, 1.165) is 12.0 Å². The van der Waals surface area contributed by atoms with E-state index >= 15 is 0 Å². The monoisotopic (exact) mass is 256 g/mol. The molecule has 0 radical (unpaired) electrons. The second kappa shape index (κ2) is 7.63. The molecule has 2 aromatic carbocycles. The molecular weight excluding hydrogens is 232 g/mol. The summed E-state index contributed by atoms with van der Waals surface area (Å²) in [6.07, 6.45) is 1.07. The van der Waals surface area contributed by atoms with Crippen LogP contribution >= 0.6 is 0 Å². The molecule has 19 heavy (non-hydrogen) atoms. The van der Waals surface area contributed by atoms with Crippen LogP contribution in [0.3, 0.4) is 0 Å². The van der Waals surface area contributed by atoms with Gasteiger partial charge in [0.1, 0.15) is 5.75 Å². The molecule has 0 amide bonds. The molecule has 0 bridgehead atoms. The largest absolute Gasteiger partial charge is 0.508 e. The Balaban J connectivity index is 0.000000200. The van der Waals surface area contributed by atoms with E-state index in [-0.39, 0.29) is 0 Å². The van der Waals surface area contributed by atoms with Crippen molar-refractivity contribution in [3.63, 3.8) is 0 Å². The third kappa shape index (κ3) is 5.17. The number of para-hydroxylation sites is 1. The Hall–Kier alpha value is -1.76. The highest BCUT2D eigenvalue weighted by Crippen LogP contribution is 2.26. The van der Waals surface area contributed by atoms with Gasteiger partial charge in [-0.15, -0.1) is 0 Å². The molecule has 0 heterocycles. The maximum Gasteiger partial charge on any atom is 0.119 e. The van der Waals surface area contributed by atoms with Crippen molar-refractivity contribution in [3.05, 3.63) is 65.2 Å². The fraction of sp³-hybridized carbons (Fsp3) is 0.333. The summed E-state index contributed by atoms with van der Waals surface area (Å²) in [4.78, 5) is 0. The van der Waals surface area contributed by atoms with Crippen LogP contribution in [0.4, 0.5) is 0 Å². The van der Waals surface area contributed by atoms with Crippen LogP contribution in [0, 0.1) is 13.8 Å². The van der Waals surface area contributed by atoms with E-state index in [1.165, 1.54) is 11.1 Å². The number of hydrogen-bond acceptors (Lipinski definition) is 1. The molecule has 0 aliphatic rings. The topological polar surface area (TPSA) is 20.2 Å². The SMILES string of the molecule is CCC(C)c1ccccc1O.Cc1cccc(C)c1. The standard InChI is InChI=1S/C10H14O.C8H10/c1-3-8(2)9-6-4-5-7-10(9)11;1-7-4-3-5-8(2)6-7/h4-8,11H,3H2,1-2H3;3-6H,1-2H3. The maximum atomic E-state index is 9.41. The first kappa shape index (κ1) is 15.3. The average molecular weight is 256 g/mol. The molecule has 0 aromatic heterocycles. The van der Waals surface area contributed by atoms with E-state index in [1.54, 1.807) is 6.07 Å². The van der Waals surface area contributed by atoms with Crippen LogP contribution in [0.2, 0.25) is 0 Å². The first-order valence-corrected chi connectivity index (χ1v) is 6.85. The highest BCUT2D eigenvalue weighted by Gasteiger charge is 2.05. The molecule has 1 N–H and O–H groups in total. The van der Waals surface area contributed by atoms with Gasteiger partial charge in [-0.05, 0) is 37.8 Å². The van der Waals surface area contributed by atoms with Gasteiger partial charge in [-0.1, -0.05) is 67.4 Å². The molecule has 2 rings (SSSR count). The summed E-state index contributed by atoms with van der Waals surface area (Å²) in [5, 5.41) is 9.41. The zero-order chi connectivity index (χ0) is 14.3. The van der Waals surface area contributed by atoms with Crippen LogP contribution in [0.15, 0.2) is 48.5 Å². The van der Waals surface area contributed by atoms with Crippen molar-refractivity contribution in [2.45, 2.75) is 40.0 Å². The van der Waals surface area contributed by atoms with Gasteiger partial charge in [0.15, 0.2) is 0 Å². The second-order valence-electron chi connectivity index (χ2n) is 5.03. The number of aromatic hydroxyl groups is 1. The number of phenolic OH excluding ortho intramolecular Hbond substituents is 1. The molecule has 1 unspecified atom stereocenters. The Morgan fingerprint density at radius 2 is 1.53 bits per heavy atom. The van der Waals surface area contributed by atoms with E-state index in [9.17, 15) is 5.11 Å². The van der Waals surface area contributed by atoms with E-state index in [2.05, 4.69) is 52.0 Å². The van der Waals surface area contributed by atoms with Gasteiger partial charge in [-0.25, -0.2) is 0 Å². The third-order valence-electron chi connectivity index (χ3n) is 3.25. The van der Waals surface area contributed by atoms with Crippen molar-refractivity contribution in [2.24, 2.45) is 0 Å². The number of benzene rings is 2. The minimum absolute atomic E-state index is 0.418. The molecule has 0 fully saturated rings. The third-order valence-corrected chi connectivity index (χ3v) is 3.25. The van der Waals surface area contributed by atoms with Crippen molar-refractivity contribution >= 4 is 0 Å². The van der Waals surface area contributed by atoms with Gasteiger partial charge >= 0.3 is 0 Å². The first-order chi connectivity index (χ1) is 9.04. The predicted octanol–water partition coefficient (Wildman–Crippen LogP) is 5.21. The summed E-state index contributed by atoms with van der Waals surface area (Å²) in [6, 6.07) is 16.0. The Morgan fingerprint density at radius 3 is 1.95 bits per heavy atom. The Bertz CT molecular complexity index is 485. The van der Waals surface area contributed by atoms with Crippen molar-refractivity contribution in [3.8, 4) is 5.75 Å². The van der Waals surface area contributed by atoms with Gasteiger partial charge in [0.25, 0.3) is 0 Å². The smallest absolute Gasteiger partial charge is 0.119 e. The molecule has 0 saturated heterocycles. The molecule has 0 spiro atoms. The van der Waals surface area contributed by atoms with Crippen molar-refractivity contribution < 1.29 is 5.11 Å². The van der Waals surface area contributed by atoms with E-state index in [1.807, 2.05) is 18.2 Å². The van der Waals surface area contributed by atoms with Gasteiger partial charge in [-0.2, -0.15) is 0 Å². The van der Waals surface area contributed by atoms with E-state index in [0.29, 0.717) is 11.7 Å². The second-order valence-corrected chi connectivity index (χ2v) is 5.03. The fourth-order valence-corrected chi connectivity index (χ4v) is 1.93. The average Bonchev–Trinajstić information content (AvgIpc) is 2.39. The van der Waals surface area contributed by atoms with Crippen LogP contribution < -0.4 is 0 Å². The minimum atomic E-state index is 0.418. The lowest BCUT2D eigenvalue weighted by molar-refractivity contribution is 0.462. The molecule has 102 valence electrons. The lowest BCUT2D eigenvalue weighted by Crippen LogP contribution is -1.90. The molecule has 0 aliphatic heterocycles. The number of hydrogen-bond donors (Lipinski definition) is 1. The Kier molecular flexibility index (Phi) is 6.14. The van der Waals surface area contributed by atoms with Crippen molar-refractivity contribution in [1.29, 1.82) is 0 Å². The summed E-state index contributed by atoms with van der Waals surface area (Å²) in [5.41, 5.74) is 3.73. The number of phenols is 1. The fourth-order valence-electron chi connectivity index (χ4n) is 1.93. The lowest BCUT2D eigenvalue weighted by Gasteiger charge is -2.09. The maximum absolute atomic E-state index is 9.41. The lowest BCUT2D eigenvalue weighted by atomic mass is 9.98. The summed E-state index contributed by atoms with van der Waals surface area (Å²) < 4.78 is 0. The summed E-state index contributed by atoms with van der Waals surface area (Å²) in [7, 11) is 0. The number of rotatable bonds is 2. The molecule has 1 nitrogen and oxygen atoms in total. The van der Waals surface area contributed by atoms with Crippen LogP contribution in [-0.4, -0.2) is 5.11 Å². The quantitative estimate of drug-likeness (QED) is 0.782. The van der Waals surface area contributed by atoms with Crippen molar-refractivity contribution in [2.75, 3.05) is 0 Å². The van der Waals surface area contributed by atoms with Gasteiger partial charge in [0.2, 0.25) is 0 Å². The zero-order valence-electron chi connectivity index (χ0n) is 12.4. The normalized spacial score (nSPS) is 11.4. The molecule has 1 atom stereocenters. The number of aryl methyl sites for hydroxylation is 2. The summed E-state index contributed by atoms with van der Waals surface area (Å²) >= 11 is 0. The first-order valence-electron chi connectivity index (χ1n) is 6.85. The van der Waals surface area contributed by atoms with Crippen LogP contribution in [0.5, 0.6) is 5.75 Å².